The van der Waals surface area contributed by atoms with Crippen molar-refractivity contribution in [2.45, 2.75) is 30.7 Å². The average molecular weight is 372 g/mol. The van der Waals surface area contributed by atoms with Gasteiger partial charge in [0.15, 0.2) is 0 Å². The monoisotopic (exact) mass is 372 g/mol. The molecule has 0 aliphatic carbocycles. The predicted molar refractivity (Wildman–Crippen MR) is 97.9 cm³/mol. The Hall–Kier alpha value is -2.51. The Balaban J connectivity index is 1.80. The number of benzene rings is 2. The van der Waals surface area contributed by atoms with Crippen LogP contribution in [-0.2, 0) is 26.2 Å². The van der Waals surface area contributed by atoms with E-state index in [1.807, 2.05) is 30.3 Å². The SMILES string of the molecule is CN(Cc1ccccc1)S(=O)(=O)c1ccc(N2C(=O)CCCC2=O)cc1. The molecule has 1 aliphatic heterocycles. The van der Waals surface area contributed by atoms with E-state index in [1.54, 1.807) is 0 Å². The molecule has 0 bridgehead atoms. The minimum atomic E-state index is -3.67. The van der Waals surface area contributed by atoms with Gasteiger partial charge in [-0.3, -0.25) is 14.5 Å². The molecule has 1 aliphatic rings. The molecule has 0 unspecified atom stereocenters. The van der Waals surface area contributed by atoms with E-state index in [0.29, 0.717) is 24.9 Å². The molecule has 2 aromatic carbocycles. The maximum atomic E-state index is 12.7. The number of nitrogens with zero attached hydrogens (tertiary/aromatic N) is 2. The highest BCUT2D eigenvalue weighted by atomic mass is 32.2. The lowest BCUT2D eigenvalue weighted by molar-refractivity contribution is -0.129. The summed E-state index contributed by atoms with van der Waals surface area (Å²) < 4.78 is 26.7. The normalized spacial score (nSPS) is 15.5. The zero-order chi connectivity index (χ0) is 18.7. The number of piperidine rings is 1. The number of anilines is 1. The summed E-state index contributed by atoms with van der Waals surface area (Å²) >= 11 is 0. The van der Waals surface area contributed by atoms with E-state index in [9.17, 15) is 18.0 Å². The van der Waals surface area contributed by atoms with Crippen molar-refractivity contribution in [2.75, 3.05) is 11.9 Å². The van der Waals surface area contributed by atoms with Gasteiger partial charge in [-0.2, -0.15) is 4.31 Å². The summed E-state index contributed by atoms with van der Waals surface area (Å²) in [4.78, 5) is 25.2. The van der Waals surface area contributed by atoms with Crippen molar-refractivity contribution in [3.8, 4) is 0 Å². The second-order valence-corrected chi connectivity index (χ2v) is 8.26. The number of rotatable bonds is 5. The third kappa shape index (κ3) is 3.68. The van der Waals surface area contributed by atoms with E-state index in [0.717, 1.165) is 10.5 Å². The van der Waals surface area contributed by atoms with Crippen LogP contribution in [0.15, 0.2) is 59.5 Å². The second kappa shape index (κ2) is 7.39. The maximum Gasteiger partial charge on any atom is 0.243 e. The highest BCUT2D eigenvalue weighted by Gasteiger charge is 2.28. The van der Waals surface area contributed by atoms with Crippen molar-refractivity contribution >= 4 is 27.5 Å². The van der Waals surface area contributed by atoms with Gasteiger partial charge in [-0.15, -0.1) is 0 Å². The lowest BCUT2D eigenvalue weighted by Crippen LogP contribution is -2.40. The van der Waals surface area contributed by atoms with Gasteiger partial charge in [-0.05, 0) is 36.2 Å². The Morgan fingerprint density at radius 1 is 0.923 bits per heavy atom. The lowest BCUT2D eigenvalue weighted by Gasteiger charge is -2.25. The van der Waals surface area contributed by atoms with Crippen molar-refractivity contribution in [3.63, 3.8) is 0 Å². The molecule has 136 valence electrons. The Morgan fingerprint density at radius 3 is 2.08 bits per heavy atom. The number of amides is 2. The summed E-state index contributed by atoms with van der Waals surface area (Å²) in [7, 11) is -2.14. The van der Waals surface area contributed by atoms with Gasteiger partial charge < -0.3 is 0 Å². The van der Waals surface area contributed by atoms with Crippen molar-refractivity contribution in [3.05, 3.63) is 60.2 Å². The predicted octanol–water partition coefficient (Wildman–Crippen LogP) is 2.55. The topological polar surface area (TPSA) is 74.8 Å². The molecule has 2 amide bonds. The molecule has 0 N–H and O–H groups in total. The van der Waals surface area contributed by atoms with E-state index in [1.165, 1.54) is 35.6 Å². The van der Waals surface area contributed by atoms with Gasteiger partial charge in [0.25, 0.3) is 0 Å². The minimum absolute atomic E-state index is 0.122. The largest absolute Gasteiger partial charge is 0.274 e. The molecule has 1 heterocycles. The molecule has 0 saturated carbocycles. The quantitative estimate of drug-likeness (QED) is 0.756. The number of sulfonamides is 1. The molecule has 7 heteroatoms. The van der Waals surface area contributed by atoms with Crippen LogP contribution in [0.1, 0.15) is 24.8 Å². The zero-order valence-electron chi connectivity index (χ0n) is 14.5. The summed E-state index contributed by atoms with van der Waals surface area (Å²) in [5.74, 6) is -0.504. The van der Waals surface area contributed by atoms with E-state index in [4.69, 9.17) is 0 Å². The van der Waals surface area contributed by atoms with E-state index >= 15 is 0 Å². The smallest absolute Gasteiger partial charge is 0.243 e. The molecular formula is C19H20N2O4S. The highest BCUT2D eigenvalue weighted by Crippen LogP contribution is 2.25. The zero-order valence-corrected chi connectivity index (χ0v) is 15.3. The number of carbonyl (C=O) groups excluding carboxylic acids is 2. The van der Waals surface area contributed by atoms with Gasteiger partial charge in [-0.25, -0.2) is 8.42 Å². The summed E-state index contributed by atoms with van der Waals surface area (Å²) in [5.41, 5.74) is 1.30. The number of imide groups is 1. The second-order valence-electron chi connectivity index (χ2n) is 6.22. The van der Waals surface area contributed by atoms with Crippen molar-refractivity contribution < 1.29 is 18.0 Å². The fourth-order valence-corrected chi connectivity index (χ4v) is 4.07. The van der Waals surface area contributed by atoms with Crippen LogP contribution in [0.2, 0.25) is 0 Å². The van der Waals surface area contributed by atoms with Crippen molar-refractivity contribution in [1.29, 1.82) is 0 Å². The summed E-state index contributed by atoms with van der Waals surface area (Å²) in [6.45, 7) is 0.258. The van der Waals surface area contributed by atoms with E-state index < -0.39 is 10.0 Å². The van der Waals surface area contributed by atoms with Crippen LogP contribution in [-0.4, -0.2) is 31.6 Å². The van der Waals surface area contributed by atoms with E-state index in [-0.39, 0.29) is 23.3 Å². The molecule has 3 rings (SSSR count). The van der Waals surface area contributed by atoms with Crippen molar-refractivity contribution in [1.82, 2.24) is 4.31 Å². The Bertz CT molecular complexity index is 892. The molecule has 1 saturated heterocycles. The van der Waals surface area contributed by atoms with Gasteiger partial charge in [0.1, 0.15) is 0 Å². The van der Waals surface area contributed by atoms with Crippen LogP contribution in [0, 0.1) is 0 Å². The first kappa shape index (κ1) is 18.3. The van der Waals surface area contributed by atoms with Crippen LogP contribution < -0.4 is 4.90 Å². The lowest BCUT2D eigenvalue weighted by atomic mass is 10.1. The van der Waals surface area contributed by atoms with Crippen LogP contribution in [0.25, 0.3) is 0 Å². The van der Waals surface area contributed by atoms with Gasteiger partial charge in [-0.1, -0.05) is 30.3 Å². The van der Waals surface area contributed by atoms with Gasteiger partial charge in [0.2, 0.25) is 21.8 Å². The average Bonchev–Trinajstić information content (AvgIpc) is 2.63. The first-order valence-electron chi connectivity index (χ1n) is 8.36. The van der Waals surface area contributed by atoms with Crippen LogP contribution >= 0.6 is 0 Å². The summed E-state index contributed by atoms with van der Waals surface area (Å²) in [6.07, 6.45) is 1.21. The first-order valence-corrected chi connectivity index (χ1v) is 9.80. The molecule has 0 aromatic heterocycles. The Kier molecular flexibility index (Phi) is 5.20. The summed E-state index contributed by atoms with van der Waals surface area (Å²) in [5, 5.41) is 0. The third-order valence-electron chi connectivity index (χ3n) is 4.33. The van der Waals surface area contributed by atoms with Crippen LogP contribution in [0.5, 0.6) is 0 Å². The highest BCUT2D eigenvalue weighted by molar-refractivity contribution is 7.89. The Morgan fingerprint density at radius 2 is 1.50 bits per heavy atom. The molecule has 6 nitrogen and oxygen atoms in total. The molecular weight excluding hydrogens is 352 g/mol. The standard InChI is InChI=1S/C19H20N2O4S/c1-20(14-15-6-3-2-4-7-15)26(24,25)17-12-10-16(11-13-17)21-18(22)8-5-9-19(21)23/h2-4,6-7,10-13H,5,8-9,14H2,1H3. The molecule has 1 fully saturated rings. The fourth-order valence-electron chi connectivity index (χ4n) is 2.91. The Labute approximate surface area is 153 Å². The van der Waals surface area contributed by atoms with Crippen molar-refractivity contribution in [2.24, 2.45) is 0 Å². The molecule has 2 aromatic rings. The van der Waals surface area contributed by atoms with Gasteiger partial charge in [0, 0.05) is 26.4 Å². The fraction of sp³-hybridized carbons (Fsp3) is 0.263. The molecule has 0 radical (unpaired) electrons. The number of hydrogen-bond donors (Lipinski definition) is 0. The van der Waals surface area contributed by atoms with Crippen LogP contribution in [0.3, 0.4) is 0 Å². The molecule has 0 atom stereocenters. The van der Waals surface area contributed by atoms with Gasteiger partial charge >= 0.3 is 0 Å². The van der Waals surface area contributed by atoms with Gasteiger partial charge in [0.05, 0.1) is 10.6 Å². The third-order valence-corrected chi connectivity index (χ3v) is 6.15. The molecule has 0 spiro atoms. The molecule has 26 heavy (non-hydrogen) atoms. The minimum Gasteiger partial charge on any atom is -0.274 e. The number of carbonyl (C=O) groups is 2. The van der Waals surface area contributed by atoms with Crippen LogP contribution in [0.4, 0.5) is 5.69 Å². The first-order chi connectivity index (χ1) is 12.4. The summed E-state index contributed by atoms with van der Waals surface area (Å²) in [6, 6.07) is 15.2. The number of hydrogen-bond acceptors (Lipinski definition) is 4. The van der Waals surface area contributed by atoms with E-state index in [2.05, 4.69) is 0 Å². The maximum absolute atomic E-state index is 12.7.